The zero-order valence-corrected chi connectivity index (χ0v) is 14.5. The van der Waals surface area contributed by atoms with E-state index in [0.29, 0.717) is 23.8 Å². The first-order chi connectivity index (χ1) is 11.5. The summed E-state index contributed by atoms with van der Waals surface area (Å²) in [5.74, 6) is -0.344. The van der Waals surface area contributed by atoms with Crippen LogP contribution in [0.2, 0.25) is 5.02 Å². The Balaban J connectivity index is 1.82. The van der Waals surface area contributed by atoms with Gasteiger partial charge in [0.05, 0.1) is 22.5 Å². The van der Waals surface area contributed by atoms with Gasteiger partial charge in [-0.1, -0.05) is 23.7 Å². The van der Waals surface area contributed by atoms with Crippen LogP contribution in [0, 0.1) is 19.7 Å². The lowest BCUT2D eigenvalue weighted by Gasteiger charge is -2.36. The molecule has 24 heavy (non-hydrogen) atoms. The maximum atomic E-state index is 13.5. The molecule has 0 saturated carbocycles. The van der Waals surface area contributed by atoms with Gasteiger partial charge < -0.3 is 10.2 Å². The number of aromatic nitrogens is 2. The normalized spacial score (nSPS) is 18.0. The number of rotatable bonds is 3. The number of hydrogen-bond acceptors (Lipinski definition) is 3. The molecule has 128 valence electrons. The van der Waals surface area contributed by atoms with E-state index >= 15 is 0 Å². The molecule has 1 saturated heterocycles. The Hall–Kier alpha value is -1.92. The van der Waals surface area contributed by atoms with Gasteiger partial charge in [0.15, 0.2) is 0 Å². The number of nitrogens with one attached hydrogen (secondary N) is 1. The predicted octanol–water partition coefficient (Wildman–Crippen LogP) is 2.47. The topological polar surface area (TPSA) is 50.2 Å². The summed E-state index contributed by atoms with van der Waals surface area (Å²) in [4.78, 5) is 14.6. The summed E-state index contributed by atoms with van der Waals surface area (Å²) in [5, 5.41) is 8.17. The molecule has 1 aliphatic heterocycles. The molecule has 0 spiro atoms. The average Bonchev–Trinajstić information content (AvgIpc) is 2.82. The van der Waals surface area contributed by atoms with E-state index in [1.54, 1.807) is 15.6 Å². The lowest BCUT2D eigenvalue weighted by atomic mass is 10.0. The summed E-state index contributed by atoms with van der Waals surface area (Å²) < 4.78 is 15.2. The molecule has 5 nitrogen and oxygen atoms in total. The third-order valence-corrected chi connectivity index (χ3v) is 4.92. The molecule has 0 radical (unpaired) electrons. The summed E-state index contributed by atoms with van der Waals surface area (Å²) in [6.07, 6.45) is 0. The van der Waals surface area contributed by atoms with E-state index in [-0.39, 0.29) is 24.3 Å². The van der Waals surface area contributed by atoms with Crippen LogP contribution in [0.25, 0.3) is 0 Å². The molecule has 0 bridgehead atoms. The van der Waals surface area contributed by atoms with E-state index in [9.17, 15) is 9.18 Å². The molecule has 1 aliphatic rings. The van der Waals surface area contributed by atoms with Crippen molar-refractivity contribution in [3.63, 3.8) is 0 Å². The van der Waals surface area contributed by atoms with Gasteiger partial charge in [0, 0.05) is 19.6 Å². The van der Waals surface area contributed by atoms with E-state index < -0.39 is 0 Å². The Kier molecular flexibility index (Phi) is 4.87. The van der Waals surface area contributed by atoms with E-state index in [2.05, 4.69) is 10.4 Å². The molecular formula is C17H20ClFN4O. The van der Waals surface area contributed by atoms with Crippen molar-refractivity contribution in [2.24, 2.45) is 0 Å². The first-order valence-corrected chi connectivity index (χ1v) is 8.30. The third-order valence-electron chi connectivity index (χ3n) is 4.38. The van der Waals surface area contributed by atoms with Gasteiger partial charge in [-0.15, -0.1) is 0 Å². The lowest BCUT2D eigenvalue weighted by molar-refractivity contribution is -0.135. The molecule has 2 heterocycles. The first kappa shape index (κ1) is 16.9. The predicted molar refractivity (Wildman–Crippen MR) is 90.4 cm³/mol. The highest BCUT2D eigenvalue weighted by molar-refractivity contribution is 6.31. The SMILES string of the molecule is Cc1nn(CC(=O)N2CCNCC2c2cccc(F)c2)c(C)c1Cl. The monoisotopic (exact) mass is 350 g/mol. The van der Waals surface area contributed by atoms with Crippen molar-refractivity contribution in [1.82, 2.24) is 20.0 Å². The standard InChI is InChI=1S/C17H20ClFN4O/c1-11-17(18)12(2)23(21-11)10-16(24)22-7-6-20-9-15(22)13-4-3-5-14(19)8-13/h3-5,8,15,20H,6-7,9-10H2,1-2H3. The van der Waals surface area contributed by atoms with E-state index in [4.69, 9.17) is 11.6 Å². The van der Waals surface area contributed by atoms with Gasteiger partial charge in [0.1, 0.15) is 12.4 Å². The van der Waals surface area contributed by atoms with Crippen molar-refractivity contribution in [2.45, 2.75) is 26.4 Å². The minimum Gasteiger partial charge on any atom is -0.331 e. The molecule has 1 unspecified atom stereocenters. The number of halogens is 2. The van der Waals surface area contributed by atoms with E-state index in [0.717, 1.165) is 17.8 Å². The molecule has 1 atom stereocenters. The quantitative estimate of drug-likeness (QED) is 0.925. The van der Waals surface area contributed by atoms with Gasteiger partial charge in [-0.25, -0.2) is 4.39 Å². The number of carbonyl (C=O) groups is 1. The van der Waals surface area contributed by atoms with Crippen molar-refractivity contribution in [3.8, 4) is 0 Å². The maximum absolute atomic E-state index is 13.5. The Morgan fingerprint density at radius 2 is 2.25 bits per heavy atom. The van der Waals surface area contributed by atoms with Crippen LogP contribution in [0.5, 0.6) is 0 Å². The number of hydrogen-bond donors (Lipinski definition) is 1. The van der Waals surface area contributed by atoms with Crippen LogP contribution in [-0.2, 0) is 11.3 Å². The fourth-order valence-corrected chi connectivity index (χ4v) is 3.20. The van der Waals surface area contributed by atoms with Crippen LogP contribution in [0.3, 0.4) is 0 Å². The van der Waals surface area contributed by atoms with Gasteiger partial charge >= 0.3 is 0 Å². The number of piperazine rings is 1. The molecule has 1 amide bonds. The fraction of sp³-hybridized carbons (Fsp3) is 0.412. The molecule has 1 aromatic heterocycles. The highest BCUT2D eigenvalue weighted by Crippen LogP contribution is 2.24. The number of benzene rings is 1. The van der Waals surface area contributed by atoms with Gasteiger partial charge in [-0.2, -0.15) is 5.10 Å². The molecule has 2 aromatic rings. The molecule has 1 N–H and O–H groups in total. The van der Waals surface area contributed by atoms with Crippen LogP contribution in [0.15, 0.2) is 24.3 Å². The average molecular weight is 351 g/mol. The zero-order chi connectivity index (χ0) is 17.3. The Morgan fingerprint density at radius 3 is 2.92 bits per heavy atom. The highest BCUT2D eigenvalue weighted by atomic mass is 35.5. The second kappa shape index (κ2) is 6.91. The fourth-order valence-electron chi connectivity index (χ4n) is 3.06. The van der Waals surface area contributed by atoms with Gasteiger partial charge in [0.2, 0.25) is 5.91 Å². The van der Waals surface area contributed by atoms with E-state index in [1.165, 1.54) is 12.1 Å². The lowest BCUT2D eigenvalue weighted by Crippen LogP contribution is -2.49. The highest BCUT2D eigenvalue weighted by Gasteiger charge is 2.28. The zero-order valence-electron chi connectivity index (χ0n) is 13.7. The van der Waals surface area contributed by atoms with Crippen LogP contribution in [0.1, 0.15) is 23.0 Å². The van der Waals surface area contributed by atoms with Crippen molar-refractivity contribution < 1.29 is 9.18 Å². The molecule has 1 fully saturated rings. The Morgan fingerprint density at radius 1 is 1.46 bits per heavy atom. The van der Waals surface area contributed by atoms with Crippen molar-refractivity contribution >= 4 is 17.5 Å². The van der Waals surface area contributed by atoms with Crippen molar-refractivity contribution in [3.05, 3.63) is 52.1 Å². The molecule has 0 aliphatic carbocycles. The summed E-state index contributed by atoms with van der Waals surface area (Å²) in [5.41, 5.74) is 2.28. The minimum absolute atomic E-state index is 0.0481. The molecular weight excluding hydrogens is 331 g/mol. The minimum atomic E-state index is -0.296. The second-order valence-electron chi connectivity index (χ2n) is 6.00. The Labute approximate surface area is 145 Å². The van der Waals surface area contributed by atoms with Crippen LogP contribution in [0.4, 0.5) is 4.39 Å². The number of nitrogens with zero attached hydrogens (tertiary/aromatic N) is 3. The number of amides is 1. The molecule has 7 heteroatoms. The van der Waals surface area contributed by atoms with Gasteiger partial charge in [-0.3, -0.25) is 9.48 Å². The number of carbonyl (C=O) groups excluding carboxylic acids is 1. The van der Waals surface area contributed by atoms with Crippen molar-refractivity contribution in [1.29, 1.82) is 0 Å². The summed E-state index contributed by atoms with van der Waals surface area (Å²) >= 11 is 6.15. The number of aryl methyl sites for hydroxylation is 1. The molecule has 3 rings (SSSR count). The van der Waals surface area contributed by atoms with Crippen LogP contribution < -0.4 is 5.32 Å². The van der Waals surface area contributed by atoms with Crippen LogP contribution >= 0.6 is 11.6 Å². The van der Waals surface area contributed by atoms with Crippen molar-refractivity contribution in [2.75, 3.05) is 19.6 Å². The summed E-state index contributed by atoms with van der Waals surface area (Å²) in [6, 6.07) is 6.22. The van der Waals surface area contributed by atoms with Crippen LogP contribution in [-0.4, -0.2) is 40.2 Å². The first-order valence-electron chi connectivity index (χ1n) is 7.92. The van der Waals surface area contributed by atoms with Gasteiger partial charge in [-0.05, 0) is 31.5 Å². The largest absolute Gasteiger partial charge is 0.331 e. The summed E-state index contributed by atoms with van der Waals surface area (Å²) in [6.45, 7) is 5.69. The smallest absolute Gasteiger partial charge is 0.244 e. The Bertz CT molecular complexity index is 761. The summed E-state index contributed by atoms with van der Waals surface area (Å²) in [7, 11) is 0. The van der Waals surface area contributed by atoms with Gasteiger partial charge in [0.25, 0.3) is 0 Å². The van der Waals surface area contributed by atoms with E-state index in [1.807, 2.05) is 19.9 Å². The third kappa shape index (κ3) is 3.30. The molecule has 1 aromatic carbocycles. The maximum Gasteiger partial charge on any atom is 0.244 e. The second-order valence-corrected chi connectivity index (χ2v) is 6.38.